The fraction of sp³-hybridized carbons (Fsp3) is 0.906. The average Bonchev–Trinajstić information content (AvgIpc) is 3.50. The molecule has 2 N–H and O–H groups in total. The van der Waals surface area contributed by atoms with E-state index >= 15 is 0 Å². The normalized spacial score (nSPS) is 10.6. The third-order valence-corrected chi connectivity index (χ3v) is 10.9. The molecule has 0 aliphatic carbocycles. The van der Waals surface area contributed by atoms with Crippen LogP contribution < -0.4 is 0 Å². The van der Waals surface area contributed by atoms with Crippen molar-refractivity contribution in [2.75, 3.05) is 200 Å². The molecule has 81 heavy (non-hydrogen) atoms. The summed E-state index contributed by atoms with van der Waals surface area (Å²) in [6.45, 7) is 35.6. The maximum absolute atomic E-state index is 8.09. The summed E-state index contributed by atoms with van der Waals surface area (Å²) in [5.41, 5.74) is 1.10. The largest absolute Gasteiger partial charge is 0.394 e. The number of benzene rings is 1. The molecule has 17 heteroatoms. The van der Waals surface area contributed by atoms with Crippen LogP contribution in [0.5, 0.6) is 0 Å². The van der Waals surface area contributed by atoms with Gasteiger partial charge in [0.05, 0.1) is 132 Å². The van der Waals surface area contributed by atoms with E-state index in [4.69, 9.17) is 76.5 Å². The topological polar surface area (TPSA) is 179 Å². The van der Waals surface area contributed by atoms with Gasteiger partial charge in [0.25, 0.3) is 0 Å². The Kier molecular flexibility index (Phi) is 103. The number of unbranched alkanes of at least 4 members (excludes halogenated alkanes) is 11. The zero-order valence-electron chi connectivity index (χ0n) is 55.0. The summed E-state index contributed by atoms with van der Waals surface area (Å²) < 4.78 is 77.7. The van der Waals surface area contributed by atoms with Gasteiger partial charge in [-0.15, -0.1) is 0 Å². The number of rotatable bonds is 54. The number of aliphatic hydroxyl groups is 2. The summed E-state index contributed by atoms with van der Waals surface area (Å²) in [5, 5.41) is 16.2. The second kappa shape index (κ2) is 92.3. The molecule has 0 atom stereocenters. The van der Waals surface area contributed by atoms with Gasteiger partial charge < -0.3 is 81.3 Å². The molecule has 0 saturated carbocycles. The van der Waals surface area contributed by atoms with Crippen LogP contribution >= 0.6 is 0 Å². The van der Waals surface area contributed by atoms with Crippen molar-refractivity contribution in [2.24, 2.45) is 0 Å². The molecule has 0 aromatic heterocycles. The van der Waals surface area contributed by atoms with Crippen molar-refractivity contribution in [1.82, 2.24) is 0 Å². The molecular formula is C64H134O17. The fourth-order valence-electron chi connectivity index (χ4n) is 6.28. The minimum absolute atomic E-state index is 0.0278. The van der Waals surface area contributed by atoms with Crippen molar-refractivity contribution in [1.29, 1.82) is 0 Å². The van der Waals surface area contributed by atoms with Crippen molar-refractivity contribution in [3.8, 4) is 0 Å². The molecule has 0 aliphatic heterocycles. The second-order valence-corrected chi connectivity index (χ2v) is 18.2. The molecule has 1 rings (SSSR count). The monoisotopic (exact) mass is 1170 g/mol. The van der Waals surface area contributed by atoms with Crippen LogP contribution in [-0.2, 0) is 76.8 Å². The standard InChI is InChI=1S/C16H26O2.C12H26O3.C10H22O3.C8H18O3.C8H18.C6H14O3.C4H10O3/c1-4-5-6-7-11-14-16(17-2,18-3)15-12-9-8-10-13-15;1-3-5-7-13-9-11-15-12-10-14-8-6-4-2;1-3-5-11-7-9-13-10-8-12-6-4-2;1-3-9-5-7-11-8-6-10-4-2;1-3-5-7-8-6-4-2;1-7-3-5-9-6-4-8-2;5-1-3-7-4-2-6/h8-10,12-13H,4-7,11,14H2,1-3H3;3-12H2,1-2H3;3-10H2,1-2H3;3-8H2,1-2H3;3-8H2,1-2H3;3-6H2,1-2H3;5-6H,1-4H2. The maximum atomic E-state index is 8.09. The quantitative estimate of drug-likeness (QED) is 0.0464. The molecule has 0 unspecified atom stereocenters. The molecule has 0 heterocycles. The van der Waals surface area contributed by atoms with Crippen LogP contribution in [0.25, 0.3) is 0 Å². The van der Waals surface area contributed by atoms with Crippen LogP contribution in [-0.4, -0.2) is 210 Å². The third kappa shape index (κ3) is 89.9. The molecule has 1 aromatic carbocycles. The highest BCUT2D eigenvalue weighted by atomic mass is 16.7. The predicted molar refractivity (Wildman–Crippen MR) is 333 cm³/mol. The van der Waals surface area contributed by atoms with Gasteiger partial charge in [-0.3, -0.25) is 0 Å². The molecule has 0 spiro atoms. The van der Waals surface area contributed by atoms with E-state index in [-0.39, 0.29) is 13.2 Å². The highest BCUT2D eigenvalue weighted by Gasteiger charge is 2.31. The first-order valence-electron chi connectivity index (χ1n) is 31.5. The number of hydrogen-bond donors (Lipinski definition) is 2. The smallest absolute Gasteiger partial charge is 0.194 e. The lowest BCUT2D eigenvalue weighted by Gasteiger charge is -2.31. The van der Waals surface area contributed by atoms with Gasteiger partial charge in [0.1, 0.15) is 0 Å². The van der Waals surface area contributed by atoms with E-state index in [0.717, 1.165) is 83.7 Å². The predicted octanol–water partition coefficient (Wildman–Crippen LogP) is 12.7. The highest BCUT2D eigenvalue weighted by Crippen LogP contribution is 2.32. The van der Waals surface area contributed by atoms with Gasteiger partial charge in [0.15, 0.2) is 5.79 Å². The molecule has 0 radical (unpaired) electrons. The maximum Gasteiger partial charge on any atom is 0.194 e. The van der Waals surface area contributed by atoms with Crippen LogP contribution in [0.1, 0.15) is 183 Å². The van der Waals surface area contributed by atoms with Gasteiger partial charge in [-0.2, -0.15) is 0 Å². The summed E-state index contributed by atoms with van der Waals surface area (Å²) in [6, 6.07) is 10.2. The van der Waals surface area contributed by atoms with Crippen LogP contribution in [0.2, 0.25) is 0 Å². The van der Waals surface area contributed by atoms with Crippen molar-refractivity contribution in [3.63, 3.8) is 0 Å². The van der Waals surface area contributed by atoms with Gasteiger partial charge in [-0.25, -0.2) is 0 Å². The first kappa shape index (κ1) is 90.7. The van der Waals surface area contributed by atoms with E-state index in [1.807, 2.05) is 32.0 Å². The summed E-state index contributed by atoms with van der Waals surface area (Å²) in [4.78, 5) is 0. The Morgan fingerprint density at radius 3 is 0.852 bits per heavy atom. The second-order valence-electron chi connectivity index (χ2n) is 18.2. The first-order chi connectivity index (χ1) is 39.8. The fourth-order valence-corrected chi connectivity index (χ4v) is 6.28. The van der Waals surface area contributed by atoms with Crippen LogP contribution in [0.3, 0.4) is 0 Å². The molecule has 17 nitrogen and oxygen atoms in total. The minimum atomic E-state index is -0.576. The lowest BCUT2D eigenvalue weighted by Crippen LogP contribution is -2.30. The zero-order valence-corrected chi connectivity index (χ0v) is 55.0. The third-order valence-electron chi connectivity index (χ3n) is 10.9. The first-order valence-corrected chi connectivity index (χ1v) is 31.5. The number of ether oxygens (including phenoxy) is 15. The lowest BCUT2D eigenvalue weighted by atomic mass is 9.98. The number of methoxy groups -OCH3 is 4. The van der Waals surface area contributed by atoms with Gasteiger partial charge in [-0.05, 0) is 46.0 Å². The van der Waals surface area contributed by atoms with Gasteiger partial charge in [-0.1, -0.05) is 156 Å². The summed E-state index contributed by atoms with van der Waals surface area (Å²) in [7, 11) is 6.75. The minimum Gasteiger partial charge on any atom is -0.394 e. The van der Waals surface area contributed by atoms with E-state index in [2.05, 4.69) is 65.3 Å². The van der Waals surface area contributed by atoms with E-state index in [1.54, 1.807) is 28.4 Å². The summed E-state index contributed by atoms with van der Waals surface area (Å²) in [6.07, 6.45) is 22.5. The molecule has 0 bridgehead atoms. The molecule has 1 aromatic rings. The van der Waals surface area contributed by atoms with Gasteiger partial charge >= 0.3 is 0 Å². The van der Waals surface area contributed by atoms with E-state index in [0.29, 0.717) is 119 Å². The van der Waals surface area contributed by atoms with Crippen LogP contribution in [0.4, 0.5) is 0 Å². The summed E-state index contributed by atoms with van der Waals surface area (Å²) in [5.74, 6) is -0.576. The number of hydrogen-bond acceptors (Lipinski definition) is 17. The van der Waals surface area contributed by atoms with Crippen molar-refractivity contribution < 1.29 is 81.3 Å². The molecule has 0 amide bonds. The molecule has 0 fully saturated rings. The Balaban J connectivity index is -0.000000207. The Hall–Kier alpha value is -1.46. The summed E-state index contributed by atoms with van der Waals surface area (Å²) >= 11 is 0. The van der Waals surface area contributed by atoms with E-state index in [9.17, 15) is 0 Å². The Bertz CT molecular complexity index is 1050. The van der Waals surface area contributed by atoms with E-state index in [1.165, 1.54) is 77.0 Å². The van der Waals surface area contributed by atoms with Crippen molar-refractivity contribution in [2.45, 2.75) is 184 Å². The van der Waals surface area contributed by atoms with Gasteiger partial charge in [0, 0.05) is 80.1 Å². The zero-order chi connectivity index (χ0) is 61.3. The van der Waals surface area contributed by atoms with Crippen LogP contribution in [0, 0.1) is 0 Å². The van der Waals surface area contributed by atoms with E-state index < -0.39 is 5.79 Å². The Morgan fingerprint density at radius 1 is 0.284 bits per heavy atom. The molecule has 492 valence electrons. The van der Waals surface area contributed by atoms with Crippen LogP contribution in [0.15, 0.2) is 30.3 Å². The number of aliphatic hydroxyl groups excluding tert-OH is 2. The van der Waals surface area contributed by atoms with Crippen molar-refractivity contribution >= 4 is 0 Å². The molecular weight excluding hydrogens is 1040 g/mol. The highest BCUT2D eigenvalue weighted by molar-refractivity contribution is 5.20. The average molecular weight is 1180 g/mol. The molecule has 0 aliphatic rings. The Morgan fingerprint density at radius 2 is 0.568 bits per heavy atom. The Labute approximate surface area is 499 Å². The SMILES string of the molecule is CCCCCCCC.CCCCCCCC(OC)(OC)c1ccccc1.CCCCOCCOCCOCCCC.CCCOCCOCCOCCC.CCOCCOCCOCC.COCCOCCOC.OCCOCCO. The van der Waals surface area contributed by atoms with Crippen molar-refractivity contribution in [3.05, 3.63) is 35.9 Å². The van der Waals surface area contributed by atoms with Gasteiger partial charge in [0.2, 0.25) is 0 Å². The lowest BCUT2D eigenvalue weighted by molar-refractivity contribution is -0.221. The molecule has 0 saturated heterocycles.